The van der Waals surface area contributed by atoms with E-state index in [1.165, 1.54) is 12.8 Å². The molecule has 3 rings (SSSR count). The molecule has 0 aromatic heterocycles. The zero-order valence-corrected chi connectivity index (χ0v) is 27.2. The van der Waals surface area contributed by atoms with Crippen molar-refractivity contribution in [2.75, 3.05) is 19.6 Å². The van der Waals surface area contributed by atoms with Crippen LogP contribution >= 0.6 is 0 Å². The van der Waals surface area contributed by atoms with Gasteiger partial charge in [-0.25, -0.2) is 0 Å². The summed E-state index contributed by atoms with van der Waals surface area (Å²) in [5, 5.41) is 27.8. The number of benzene rings is 1. The molecule has 1 unspecified atom stereocenters. The van der Waals surface area contributed by atoms with Gasteiger partial charge < -0.3 is 37.8 Å². The van der Waals surface area contributed by atoms with Crippen molar-refractivity contribution in [2.45, 2.75) is 96.4 Å². The number of carbonyl (C=O) groups excluding carboxylic acids is 3. The van der Waals surface area contributed by atoms with Crippen LogP contribution in [0.1, 0.15) is 95.1 Å². The summed E-state index contributed by atoms with van der Waals surface area (Å²) in [5.74, 6) is -1.68. The van der Waals surface area contributed by atoms with Crippen LogP contribution in [0.2, 0.25) is 0 Å². The molecular weight excluding hydrogens is 588 g/mol. The molecule has 1 aromatic rings. The quantitative estimate of drug-likeness (QED) is 0.0800. The van der Waals surface area contributed by atoms with Crippen molar-refractivity contribution < 1.29 is 24.3 Å². The number of nitrogens with one attached hydrogen (secondary N) is 4. The van der Waals surface area contributed by atoms with Crippen LogP contribution in [0, 0.1) is 28.6 Å². The van der Waals surface area contributed by atoms with Crippen molar-refractivity contribution in [3.8, 4) is 0 Å². The van der Waals surface area contributed by atoms with E-state index in [9.17, 15) is 14.4 Å². The number of amides is 3. The van der Waals surface area contributed by atoms with E-state index >= 15 is 0 Å². The molecule has 0 radical (unpaired) electrons. The monoisotopic (exact) mass is 642 g/mol. The van der Waals surface area contributed by atoms with Crippen molar-refractivity contribution in [1.82, 2.24) is 15.5 Å². The van der Waals surface area contributed by atoms with Gasteiger partial charge in [-0.1, -0.05) is 62.8 Å². The second kappa shape index (κ2) is 20.1. The molecule has 0 spiro atoms. The van der Waals surface area contributed by atoms with Crippen molar-refractivity contribution in [2.24, 2.45) is 35.0 Å². The minimum atomic E-state index is -0.869. The lowest BCUT2D eigenvalue weighted by molar-refractivity contribution is -0.142. The van der Waals surface area contributed by atoms with Gasteiger partial charge in [-0.05, 0) is 62.3 Å². The van der Waals surface area contributed by atoms with Crippen LogP contribution in [0.15, 0.2) is 24.3 Å². The van der Waals surface area contributed by atoms with Crippen LogP contribution in [0.4, 0.5) is 0 Å². The maximum absolute atomic E-state index is 14.4. The number of carboxylic acid groups (broad SMARTS) is 1. The van der Waals surface area contributed by atoms with Crippen molar-refractivity contribution in [3.05, 3.63) is 35.4 Å². The summed E-state index contributed by atoms with van der Waals surface area (Å²) in [7, 11) is 0. The smallest absolute Gasteiger partial charge is 0.300 e. The average Bonchev–Trinajstić information content (AvgIpc) is 3.01. The number of aliphatic carboxylic acids is 1. The fourth-order valence-corrected chi connectivity index (χ4v) is 6.44. The Labute approximate surface area is 272 Å². The fraction of sp³-hybridized carbons (Fsp3) is 0.636. The van der Waals surface area contributed by atoms with Crippen LogP contribution in [-0.4, -0.2) is 71.2 Å². The zero-order chi connectivity index (χ0) is 34.1. The van der Waals surface area contributed by atoms with E-state index in [1.807, 2.05) is 24.3 Å². The zero-order valence-electron chi connectivity index (χ0n) is 27.2. The molecular formula is C33H54N8O5. The van der Waals surface area contributed by atoms with Crippen molar-refractivity contribution in [3.63, 3.8) is 0 Å². The van der Waals surface area contributed by atoms with Crippen LogP contribution in [0.5, 0.6) is 0 Å². The van der Waals surface area contributed by atoms with Gasteiger partial charge in [-0.15, -0.1) is 0 Å². The summed E-state index contributed by atoms with van der Waals surface area (Å²) in [5.41, 5.74) is 18.2. The first-order chi connectivity index (χ1) is 21.9. The van der Waals surface area contributed by atoms with Crippen molar-refractivity contribution >= 4 is 35.5 Å². The molecule has 1 aromatic carbocycles. The lowest BCUT2D eigenvalue weighted by Gasteiger charge is -2.36. The number of rotatable bonds is 15. The Morgan fingerprint density at radius 1 is 0.935 bits per heavy atom. The summed E-state index contributed by atoms with van der Waals surface area (Å²) in [6.45, 7) is 1.89. The number of nitrogen functional groups attached to an aromatic ring is 1. The largest absolute Gasteiger partial charge is 0.481 e. The molecule has 2 aliphatic rings. The minimum absolute atomic E-state index is 0.000416. The van der Waals surface area contributed by atoms with Crippen LogP contribution < -0.4 is 27.8 Å². The third-order valence-electron chi connectivity index (χ3n) is 8.77. The Morgan fingerprint density at radius 3 is 2.02 bits per heavy atom. The van der Waals surface area contributed by atoms with E-state index in [4.69, 9.17) is 37.9 Å². The van der Waals surface area contributed by atoms with Gasteiger partial charge in [0.2, 0.25) is 17.7 Å². The molecule has 11 N–H and O–H groups in total. The molecule has 3 amide bonds. The van der Waals surface area contributed by atoms with Crippen LogP contribution in [-0.2, 0) is 25.6 Å². The maximum atomic E-state index is 14.4. The Balaban J connectivity index is 0.00000173. The summed E-state index contributed by atoms with van der Waals surface area (Å²) in [6, 6.07) is 6.66. The number of carbonyl (C=O) groups is 4. The van der Waals surface area contributed by atoms with E-state index in [-0.39, 0.29) is 36.1 Å². The number of hydrogen-bond acceptors (Lipinski definition) is 6. The molecule has 256 valence electrons. The molecule has 0 heterocycles. The molecule has 13 nitrogen and oxygen atoms in total. The number of nitrogens with two attached hydrogens (primary N) is 3. The molecule has 0 bridgehead atoms. The summed E-state index contributed by atoms with van der Waals surface area (Å²) in [6.07, 6.45) is 12.3. The number of carboxylic acids is 1. The minimum Gasteiger partial charge on any atom is -0.481 e. The summed E-state index contributed by atoms with van der Waals surface area (Å²) >= 11 is 0. The van der Waals surface area contributed by atoms with E-state index in [0.29, 0.717) is 43.8 Å². The molecule has 0 aliphatic heterocycles. The number of primary amides is 1. The lowest BCUT2D eigenvalue weighted by atomic mass is 9.76. The molecule has 0 saturated heterocycles. The Bertz CT molecular complexity index is 1160. The Morgan fingerprint density at radius 2 is 1.50 bits per heavy atom. The number of guanidine groups is 1. The second-order valence-corrected chi connectivity index (χ2v) is 12.6. The topological polar surface area (TPSA) is 242 Å². The van der Waals surface area contributed by atoms with Crippen LogP contribution in [0.3, 0.4) is 0 Å². The van der Waals surface area contributed by atoms with Crippen LogP contribution in [0.25, 0.3) is 0 Å². The van der Waals surface area contributed by atoms with Gasteiger partial charge in [0.15, 0.2) is 5.96 Å². The van der Waals surface area contributed by atoms with Gasteiger partial charge >= 0.3 is 0 Å². The fourth-order valence-electron chi connectivity index (χ4n) is 6.44. The third-order valence-corrected chi connectivity index (χ3v) is 8.77. The first-order valence-electron chi connectivity index (χ1n) is 16.5. The van der Waals surface area contributed by atoms with Gasteiger partial charge in [0.1, 0.15) is 11.9 Å². The highest BCUT2D eigenvalue weighted by Crippen LogP contribution is 2.34. The highest BCUT2D eigenvalue weighted by molar-refractivity contribution is 5.95. The molecule has 2 aliphatic carbocycles. The molecule has 13 heteroatoms. The molecule has 2 fully saturated rings. The van der Waals surface area contributed by atoms with Gasteiger partial charge in [0.05, 0.1) is 6.54 Å². The first-order valence-corrected chi connectivity index (χ1v) is 16.5. The first kappa shape index (κ1) is 38.0. The Hall–Kier alpha value is -4.16. The predicted octanol–water partition coefficient (Wildman–Crippen LogP) is 2.44. The third kappa shape index (κ3) is 14.3. The molecule has 46 heavy (non-hydrogen) atoms. The van der Waals surface area contributed by atoms with E-state index in [2.05, 4.69) is 10.6 Å². The SMILES string of the molecule is CC(=O)O.N=C(N)NCCCC(NC(=O)CN(CC1CCCCC1)C(=O)[C@@H](Cc1ccc(C(=N)N)cc1)C1CCCCC1)C(N)=O. The molecule has 2 atom stereocenters. The lowest BCUT2D eigenvalue weighted by Crippen LogP contribution is -2.51. The highest BCUT2D eigenvalue weighted by atomic mass is 16.4. The van der Waals surface area contributed by atoms with Gasteiger partial charge in [-0.3, -0.25) is 30.0 Å². The van der Waals surface area contributed by atoms with E-state index in [0.717, 1.165) is 63.9 Å². The highest BCUT2D eigenvalue weighted by Gasteiger charge is 2.35. The van der Waals surface area contributed by atoms with Crippen molar-refractivity contribution in [1.29, 1.82) is 10.8 Å². The standard InChI is InChI=1S/C31H50N8O3.C2H4O2/c32-28(33)24-15-13-21(14-16-24)18-25(23-10-5-2-6-11-23)30(42)39(19-22-8-3-1-4-9-22)20-27(40)38-26(29(34)41)12-7-17-37-31(35)36;1-2(3)4/h13-16,22-23,25-26H,1-12,17-20H2,(H3,32,33)(H2,34,41)(H,38,40)(H4,35,36,37);1H3,(H,3,4)/t25-,26?;/m0./s1. The van der Waals surface area contributed by atoms with Gasteiger partial charge in [0, 0.05) is 31.5 Å². The predicted molar refractivity (Wildman–Crippen MR) is 178 cm³/mol. The maximum Gasteiger partial charge on any atom is 0.300 e. The summed E-state index contributed by atoms with van der Waals surface area (Å²) < 4.78 is 0. The number of hydrogen-bond donors (Lipinski definition) is 8. The van der Waals surface area contributed by atoms with Gasteiger partial charge in [0.25, 0.3) is 5.97 Å². The average molecular weight is 643 g/mol. The normalized spacial score (nSPS) is 16.5. The number of nitrogens with zero attached hydrogens (tertiary/aromatic N) is 1. The molecule has 2 saturated carbocycles. The number of amidine groups is 1. The Kier molecular flexibility index (Phi) is 16.6. The van der Waals surface area contributed by atoms with Gasteiger partial charge in [-0.2, -0.15) is 0 Å². The second-order valence-electron chi connectivity index (χ2n) is 12.6. The van der Waals surface area contributed by atoms with E-state index in [1.54, 1.807) is 4.90 Å². The summed E-state index contributed by atoms with van der Waals surface area (Å²) in [4.78, 5) is 50.5. The van der Waals surface area contributed by atoms with E-state index < -0.39 is 23.8 Å².